The van der Waals surface area contributed by atoms with Gasteiger partial charge in [0.2, 0.25) is 0 Å². The minimum Gasteiger partial charge on any atom is -0.380 e. The summed E-state index contributed by atoms with van der Waals surface area (Å²) in [4.78, 5) is 0. The SMILES string of the molecule is Fc1cc(NC2CCCC2C2CCCN2)c(F)cc1Br. The number of halogens is 3. The van der Waals surface area contributed by atoms with Crippen molar-refractivity contribution >= 4 is 21.6 Å². The first-order valence-corrected chi connectivity index (χ1v) is 8.09. The van der Waals surface area contributed by atoms with E-state index >= 15 is 0 Å². The molecule has 0 amide bonds. The van der Waals surface area contributed by atoms with Gasteiger partial charge in [0.1, 0.15) is 11.6 Å². The largest absolute Gasteiger partial charge is 0.380 e. The number of anilines is 1. The van der Waals surface area contributed by atoms with Gasteiger partial charge in [0, 0.05) is 18.2 Å². The van der Waals surface area contributed by atoms with Crippen LogP contribution < -0.4 is 10.6 Å². The van der Waals surface area contributed by atoms with Gasteiger partial charge in [0.05, 0.1) is 10.2 Å². The Balaban J connectivity index is 1.74. The van der Waals surface area contributed by atoms with Gasteiger partial charge in [-0.2, -0.15) is 0 Å². The lowest BCUT2D eigenvalue weighted by Crippen LogP contribution is -2.38. The third-order valence-corrected chi connectivity index (χ3v) is 5.14. The minimum atomic E-state index is -0.428. The molecule has 0 radical (unpaired) electrons. The molecule has 2 N–H and O–H groups in total. The predicted octanol–water partition coefficient (Wildman–Crippen LogP) is 4.06. The van der Waals surface area contributed by atoms with Crippen molar-refractivity contribution in [1.29, 1.82) is 0 Å². The summed E-state index contributed by atoms with van der Waals surface area (Å²) >= 11 is 3.01. The Labute approximate surface area is 126 Å². The van der Waals surface area contributed by atoms with E-state index in [9.17, 15) is 8.78 Å². The van der Waals surface area contributed by atoms with Gasteiger partial charge in [-0.1, -0.05) is 6.42 Å². The van der Waals surface area contributed by atoms with Crippen LogP contribution in [0.25, 0.3) is 0 Å². The Morgan fingerprint density at radius 1 is 1.10 bits per heavy atom. The molecule has 2 nitrogen and oxygen atoms in total. The fraction of sp³-hybridized carbons (Fsp3) is 0.600. The smallest absolute Gasteiger partial charge is 0.147 e. The first kappa shape index (κ1) is 14.3. The highest BCUT2D eigenvalue weighted by Crippen LogP contribution is 2.35. The van der Waals surface area contributed by atoms with Crippen LogP contribution in [0.2, 0.25) is 0 Å². The molecule has 3 atom stereocenters. The van der Waals surface area contributed by atoms with E-state index in [1.54, 1.807) is 0 Å². The molecule has 2 aliphatic rings. The Morgan fingerprint density at radius 2 is 1.95 bits per heavy atom. The maximum absolute atomic E-state index is 13.9. The topological polar surface area (TPSA) is 24.1 Å². The summed E-state index contributed by atoms with van der Waals surface area (Å²) < 4.78 is 27.6. The van der Waals surface area contributed by atoms with Gasteiger partial charge in [-0.25, -0.2) is 8.78 Å². The van der Waals surface area contributed by atoms with Crippen molar-refractivity contribution in [2.75, 3.05) is 11.9 Å². The van der Waals surface area contributed by atoms with E-state index in [0.717, 1.165) is 25.8 Å². The van der Waals surface area contributed by atoms with E-state index in [1.165, 1.54) is 25.0 Å². The summed E-state index contributed by atoms with van der Waals surface area (Å²) in [6, 6.07) is 3.20. The molecule has 2 fully saturated rings. The van der Waals surface area contributed by atoms with E-state index in [0.29, 0.717) is 12.0 Å². The van der Waals surface area contributed by atoms with E-state index < -0.39 is 11.6 Å². The molecule has 1 aromatic rings. The zero-order chi connectivity index (χ0) is 14.1. The Hall–Kier alpha value is -0.680. The number of rotatable bonds is 3. The molecular formula is C15H19BrF2N2. The van der Waals surface area contributed by atoms with E-state index in [4.69, 9.17) is 0 Å². The first-order valence-electron chi connectivity index (χ1n) is 7.29. The van der Waals surface area contributed by atoms with Crippen LogP contribution in [0.1, 0.15) is 32.1 Å². The number of hydrogen-bond donors (Lipinski definition) is 2. The van der Waals surface area contributed by atoms with Crippen molar-refractivity contribution in [3.8, 4) is 0 Å². The quantitative estimate of drug-likeness (QED) is 0.808. The second-order valence-electron chi connectivity index (χ2n) is 5.79. The summed E-state index contributed by atoms with van der Waals surface area (Å²) in [6.07, 6.45) is 5.76. The lowest BCUT2D eigenvalue weighted by molar-refractivity contribution is 0.375. The van der Waals surface area contributed by atoms with Gasteiger partial charge in [-0.15, -0.1) is 0 Å². The molecule has 0 bridgehead atoms. The highest BCUT2D eigenvalue weighted by atomic mass is 79.9. The van der Waals surface area contributed by atoms with Crippen LogP contribution >= 0.6 is 15.9 Å². The Bertz CT molecular complexity index is 489. The fourth-order valence-corrected chi connectivity index (χ4v) is 3.87. The molecule has 110 valence electrons. The summed E-state index contributed by atoms with van der Waals surface area (Å²) in [5, 5.41) is 6.76. The predicted molar refractivity (Wildman–Crippen MR) is 79.8 cm³/mol. The second kappa shape index (κ2) is 5.98. The van der Waals surface area contributed by atoms with E-state index in [2.05, 4.69) is 26.6 Å². The monoisotopic (exact) mass is 344 g/mol. The van der Waals surface area contributed by atoms with Crippen molar-refractivity contribution in [1.82, 2.24) is 5.32 Å². The Kier molecular flexibility index (Phi) is 4.26. The van der Waals surface area contributed by atoms with E-state index in [1.807, 2.05) is 0 Å². The number of hydrogen-bond acceptors (Lipinski definition) is 2. The average molecular weight is 345 g/mol. The van der Waals surface area contributed by atoms with Crippen molar-refractivity contribution in [2.24, 2.45) is 5.92 Å². The molecule has 0 spiro atoms. The van der Waals surface area contributed by atoms with Crippen LogP contribution in [0, 0.1) is 17.6 Å². The third-order valence-electron chi connectivity index (χ3n) is 4.54. The zero-order valence-electron chi connectivity index (χ0n) is 11.3. The van der Waals surface area contributed by atoms with Crippen molar-refractivity contribution < 1.29 is 8.78 Å². The van der Waals surface area contributed by atoms with Crippen LogP contribution in [-0.2, 0) is 0 Å². The minimum absolute atomic E-state index is 0.168. The molecule has 0 aromatic heterocycles. The van der Waals surface area contributed by atoms with Crippen LogP contribution in [-0.4, -0.2) is 18.6 Å². The van der Waals surface area contributed by atoms with E-state index in [-0.39, 0.29) is 16.2 Å². The van der Waals surface area contributed by atoms with Gasteiger partial charge >= 0.3 is 0 Å². The molecule has 1 aromatic carbocycles. The molecule has 1 saturated heterocycles. The van der Waals surface area contributed by atoms with Gasteiger partial charge in [0.15, 0.2) is 0 Å². The van der Waals surface area contributed by atoms with Crippen LogP contribution in [0.4, 0.5) is 14.5 Å². The van der Waals surface area contributed by atoms with Gasteiger partial charge in [-0.05, 0) is 60.1 Å². The Morgan fingerprint density at radius 3 is 2.70 bits per heavy atom. The summed E-state index contributed by atoms with van der Waals surface area (Å²) in [7, 11) is 0. The second-order valence-corrected chi connectivity index (χ2v) is 6.65. The molecule has 1 aliphatic heterocycles. The lowest BCUT2D eigenvalue weighted by atomic mass is 9.93. The van der Waals surface area contributed by atoms with Gasteiger partial charge < -0.3 is 10.6 Å². The summed E-state index contributed by atoms with van der Waals surface area (Å²) in [5.74, 6) is -0.311. The van der Waals surface area contributed by atoms with Crippen LogP contribution in [0.5, 0.6) is 0 Å². The zero-order valence-corrected chi connectivity index (χ0v) is 12.8. The van der Waals surface area contributed by atoms with Crippen LogP contribution in [0.15, 0.2) is 16.6 Å². The first-order chi connectivity index (χ1) is 9.65. The lowest BCUT2D eigenvalue weighted by Gasteiger charge is -2.27. The maximum atomic E-state index is 13.9. The summed E-state index contributed by atoms with van der Waals surface area (Å²) in [6.45, 7) is 1.08. The van der Waals surface area contributed by atoms with Crippen molar-refractivity contribution in [3.63, 3.8) is 0 Å². The molecule has 3 unspecified atom stereocenters. The number of benzene rings is 1. The molecular weight excluding hydrogens is 326 g/mol. The maximum Gasteiger partial charge on any atom is 0.147 e. The highest BCUT2D eigenvalue weighted by Gasteiger charge is 2.35. The molecule has 1 heterocycles. The highest BCUT2D eigenvalue weighted by molar-refractivity contribution is 9.10. The number of nitrogens with one attached hydrogen (secondary N) is 2. The average Bonchev–Trinajstić information content (AvgIpc) is 3.06. The fourth-order valence-electron chi connectivity index (χ4n) is 3.56. The summed E-state index contributed by atoms with van der Waals surface area (Å²) in [5.41, 5.74) is 0.278. The third kappa shape index (κ3) is 2.84. The molecule has 1 aliphatic carbocycles. The van der Waals surface area contributed by atoms with Crippen molar-refractivity contribution in [2.45, 2.75) is 44.2 Å². The van der Waals surface area contributed by atoms with Crippen molar-refractivity contribution in [3.05, 3.63) is 28.2 Å². The van der Waals surface area contributed by atoms with Gasteiger partial charge in [-0.3, -0.25) is 0 Å². The molecule has 5 heteroatoms. The molecule has 1 saturated carbocycles. The van der Waals surface area contributed by atoms with Gasteiger partial charge in [0.25, 0.3) is 0 Å². The normalized spacial score (nSPS) is 29.9. The molecule has 3 rings (SSSR count). The van der Waals surface area contributed by atoms with Crippen LogP contribution in [0.3, 0.4) is 0 Å². The standard InChI is InChI=1S/C15H19BrF2N2/c16-10-7-12(18)15(8-11(10)17)20-14-4-1-3-9(14)13-5-2-6-19-13/h7-9,13-14,19-20H,1-6H2. The molecule has 20 heavy (non-hydrogen) atoms.